The second kappa shape index (κ2) is 11.8. The minimum atomic E-state index is -4.07. The first-order chi connectivity index (χ1) is 15.3. The largest absolute Gasteiger partial charge is 0.465 e. The van der Waals surface area contributed by atoms with Crippen molar-refractivity contribution in [2.75, 3.05) is 13.2 Å². The molecule has 0 fully saturated rings. The zero-order valence-corrected chi connectivity index (χ0v) is 19.6. The Hall–Kier alpha value is -2.98. The second-order valence-corrected chi connectivity index (χ2v) is 8.78. The Morgan fingerprint density at radius 1 is 0.970 bits per heavy atom. The first-order valence-corrected chi connectivity index (χ1v) is 11.6. The van der Waals surface area contributed by atoms with Crippen LogP contribution < -0.4 is 15.8 Å². The molecule has 3 aromatic rings. The zero-order valence-electron chi connectivity index (χ0n) is 17.9. The van der Waals surface area contributed by atoms with E-state index in [4.69, 9.17) is 10.5 Å². The van der Waals surface area contributed by atoms with Crippen molar-refractivity contribution in [3.63, 3.8) is 0 Å². The number of carbonyl (C=O) groups excluding carboxylic acids is 2. The normalized spacial score (nSPS) is 12.9. The number of nitrogens with one attached hydrogen (secondary N) is 2. The molecule has 3 rings (SSSR count). The molecule has 0 saturated heterocycles. The van der Waals surface area contributed by atoms with E-state index in [1.807, 2.05) is 12.1 Å². The third-order valence-corrected chi connectivity index (χ3v) is 6.29. The highest BCUT2D eigenvalue weighted by molar-refractivity contribution is 7.89. The first-order valence-electron chi connectivity index (χ1n) is 10.1. The number of nitrogens with two attached hydrogens (primary N) is 1. The maximum atomic E-state index is 12.9. The highest BCUT2D eigenvalue weighted by Crippen LogP contribution is 2.19. The van der Waals surface area contributed by atoms with Gasteiger partial charge in [-0.15, -0.1) is 12.4 Å². The van der Waals surface area contributed by atoms with Crippen LogP contribution in [0.2, 0.25) is 0 Å². The summed E-state index contributed by atoms with van der Waals surface area (Å²) in [5.41, 5.74) is 6.56. The van der Waals surface area contributed by atoms with Crippen LogP contribution >= 0.6 is 12.4 Å². The predicted octanol–water partition coefficient (Wildman–Crippen LogP) is 2.29. The number of rotatable bonds is 9. The number of benzene rings is 3. The number of ether oxygens (including phenoxy) is 1. The van der Waals surface area contributed by atoms with Gasteiger partial charge in [-0.3, -0.25) is 9.59 Å². The van der Waals surface area contributed by atoms with E-state index in [2.05, 4.69) is 10.0 Å². The van der Waals surface area contributed by atoms with Gasteiger partial charge in [-0.1, -0.05) is 60.7 Å². The van der Waals surface area contributed by atoms with Crippen molar-refractivity contribution in [2.45, 2.75) is 23.9 Å². The Bertz CT molecular complexity index is 1200. The van der Waals surface area contributed by atoms with Gasteiger partial charge in [0.05, 0.1) is 11.5 Å². The molecule has 0 spiro atoms. The van der Waals surface area contributed by atoms with E-state index in [-0.39, 0.29) is 30.5 Å². The highest BCUT2D eigenvalue weighted by atomic mass is 35.5. The molecule has 3 aromatic carbocycles. The van der Waals surface area contributed by atoms with Gasteiger partial charge in [0.2, 0.25) is 15.9 Å². The van der Waals surface area contributed by atoms with Crippen LogP contribution in [-0.2, 0) is 24.3 Å². The molecule has 0 saturated carbocycles. The second-order valence-electron chi connectivity index (χ2n) is 7.07. The number of hydrogen-bond acceptors (Lipinski definition) is 6. The van der Waals surface area contributed by atoms with Crippen molar-refractivity contribution in [2.24, 2.45) is 5.73 Å². The molecule has 0 aliphatic heterocycles. The molecular formula is C23H26ClN3O5S. The summed E-state index contributed by atoms with van der Waals surface area (Å²) in [4.78, 5) is 24.8. The molecule has 0 radical (unpaired) electrons. The number of esters is 1. The molecule has 0 bridgehead atoms. The molecule has 2 unspecified atom stereocenters. The Labute approximate surface area is 199 Å². The lowest BCUT2D eigenvalue weighted by Crippen LogP contribution is -2.50. The van der Waals surface area contributed by atoms with Crippen LogP contribution in [0.1, 0.15) is 18.5 Å². The molecule has 33 heavy (non-hydrogen) atoms. The van der Waals surface area contributed by atoms with Crippen LogP contribution in [0.5, 0.6) is 0 Å². The SMILES string of the molecule is CCOC(=O)C(CNC(=O)C(N)c1ccccc1)NS(=O)(=O)c1ccc2ccccc2c1.Cl. The molecule has 2 atom stereocenters. The van der Waals surface area contributed by atoms with E-state index in [0.717, 1.165) is 10.8 Å². The average molecular weight is 492 g/mol. The first kappa shape index (κ1) is 26.3. The Morgan fingerprint density at radius 2 is 1.61 bits per heavy atom. The molecule has 4 N–H and O–H groups in total. The van der Waals surface area contributed by atoms with Crippen LogP contribution in [0.25, 0.3) is 10.8 Å². The third kappa shape index (κ3) is 6.75. The van der Waals surface area contributed by atoms with E-state index in [1.165, 1.54) is 12.1 Å². The van der Waals surface area contributed by atoms with E-state index in [0.29, 0.717) is 5.56 Å². The van der Waals surface area contributed by atoms with Crippen molar-refractivity contribution in [3.8, 4) is 0 Å². The summed E-state index contributed by atoms with van der Waals surface area (Å²) in [6.07, 6.45) is 0. The summed E-state index contributed by atoms with van der Waals surface area (Å²) < 4.78 is 33.2. The molecule has 1 amide bonds. The van der Waals surface area contributed by atoms with Crippen LogP contribution in [-0.4, -0.2) is 39.5 Å². The zero-order chi connectivity index (χ0) is 23.1. The molecular weight excluding hydrogens is 466 g/mol. The minimum absolute atomic E-state index is 0. The fraction of sp³-hybridized carbons (Fsp3) is 0.217. The summed E-state index contributed by atoms with van der Waals surface area (Å²) in [5, 5.41) is 4.16. The topological polar surface area (TPSA) is 128 Å². The van der Waals surface area contributed by atoms with Gasteiger partial charge in [0, 0.05) is 6.54 Å². The number of halogens is 1. The quantitative estimate of drug-likeness (QED) is 0.394. The van der Waals surface area contributed by atoms with Gasteiger partial charge in [0.15, 0.2) is 0 Å². The maximum Gasteiger partial charge on any atom is 0.326 e. The predicted molar refractivity (Wildman–Crippen MR) is 128 cm³/mol. The molecule has 0 aromatic heterocycles. The van der Waals surface area contributed by atoms with E-state index in [1.54, 1.807) is 55.5 Å². The van der Waals surface area contributed by atoms with Gasteiger partial charge < -0.3 is 15.8 Å². The molecule has 176 valence electrons. The van der Waals surface area contributed by atoms with Crippen LogP contribution in [0.15, 0.2) is 77.7 Å². The molecule has 0 aliphatic rings. The van der Waals surface area contributed by atoms with Gasteiger partial charge in [-0.05, 0) is 35.4 Å². The van der Waals surface area contributed by atoms with Crippen LogP contribution in [0.3, 0.4) is 0 Å². The average Bonchev–Trinajstić information content (AvgIpc) is 2.81. The number of amides is 1. The monoisotopic (exact) mass is 491 g/mol. The van der Waals surface area contributed by atoms with Gasteiger partial charge in [0.25, 0.3) is 0 Å². The van der Waals surface area contributed by atoms with Gasteiger partial charge in [-0.25, -0.2) is 8.42 Å². The van der Waals surface area contributed by atoms with Gasteiger partial charge >= 0.3 is 5.97 Å². The maximum absolute atomic E-state index is 12.9. The molecule has 0 aliphatic carbocycles. The van der Waals surface area contributed by atoms with Crippen LogP contribution in [0, 0.1) is 0 Å². The summed E-state index contributed by atoms with van der Waals surface area (Å²) >= 11 is 0. The lowest BCUT2D eigenvalue weighted by atomic mass is 10.1. The van der Waals surface area contributed by atoms with E-state index in [9.17, 15) is 18.0 Å². The van der Waals surface area contributed by atoms with Crippen molar-refractivity contribution in [1.29, 1.82) is 0 Å². The Kier molecular flexibility index (Phi) is 9.36. The summed E-state index contributed by atoms with van der Waals surface area (Å²) in [6, 6.07) is 18.4. The van der Waals surface area contributed by atoms with Gasteiger partial charge in [-0.2, -0.15) is 4.72 Å². The minimum Gasteiger partial charge on any atom is -0.465 e. The van der Waals surface area contributed by atoms with Crippen molar-refractivity contribution >= 4 is 45.1 Å². The summed E-state index contributed by atoms with van der Waals surface area (Å²) in [7, 11) is -4.07. The molecule has 10 heteroatoms. The summed E-state index contributed by atoms with van der Waals surface area (Å²) in [5.74, 6) is -1.35. The summed E-state index contributed by atoms with van der Waals surface area (Å²) in [6.45, 7) is 1.35. The Morgan fingerprint density at radius 3 is 2.27 bits per heavy atom. The number of hydrogen-bond donors (Lipinski definition) is 3. The van der Waals surface area contributed by atoms with Crippen molar-refractivity contribution < 1.29 is 22.7 Å². The Balaban J connectivity index is 0.00000385. The van der Waals surface area contributed by atoms with Gasteiger partial charge in [0.1, 0.15) is 12.1 Å². The van der Waals surface area contributed by atoms with E-state index < -0.39 is 34.0 Å². The molecule has 0 heterocycles. The van der Waals surface area contributed by atoms with E-state index >= 15 is 0 Å². The fourth-order valence-electron chi connectivity index (χ4n) is 3.13. The van der Waals surface area contributed by atoms with Crippen molar-refractivity contribution in [3.05, 3.63) is 78.4 Å². The number of carbonyl (C=O) groups is 2. The van der Waals surface area contributed by atoms with Crippen LogP contribution in [0.4, 0.5) is 0 Å². The lowest BCUT2D eigenvalue weighted by Gasteiger charge is -2.19. The highest BCUT2D eigenvalue weighted by Gasteiger charge is 2.28. The fourth-order valence-corrected chi connectivity index (χ4v) is 4.35. The lowest BCUT2D eigenvalue weighted by molar-refractivity contribution is -0.145. The third-order valence-electron chi connectivity index (χ3n) is 4.82. The standard InChI is InChI=1S/C23H25N3O5S.ClH/c1-2-31-23(28)20(15-25-22(27)21(24)17-9-4-3-5-10-17)26-32(29,30)19-13-12-16-8-6-7-11-18(16)14-19;/h3-14,20-21,26H,2,15,24H2,1H3,(H,25,27);1H. The molecule has 8 nitrogen and oxygen atoms in total. The van der Waals surface area contributed by atoms with Crippen molar-refractivity contribution in [1.82, 2.24) is 10.0 Å². The smallest absolute Gasteiger partial charge is 0.326 e. The number of sulfonamides is 1. The number of fused-ring (bicyclic) bond motifs is 1.